The molecule has 132 valence electrons. The van der Waals surface area contributed by atoms with E-state index in [1.807, 2.05) is 6.07 Å². The molecule has 1 aromatic carbocycles. The third-order valence-electron chi connectivity index (χ3n) is 6.66. The summed E-state index contributed by atoms with van der Waals surface area (Å²) in [6, 6.07) is 8.31. The summed E-state index contributed by atoms with van der Waals surface area (Å²) in [6.07, 6.45) is 1.06. The SMILES string of the molecule is Cn1c(N2CC3CN(C(=O)C4CC4(C)C)CC3C2)nc2ccccc21. The second-order valence-corrected chi connectivity index (χ2v) is 8.87. The Hall–Kier alpha value is -2.04. The molecule has 3 atom stereocenters. The number of carbonyl (C=O) groups excluding carboxylic acids is 1. The molecular formula is C20H26N4O. The molecule has 3 fully saturated rings. The standard InChI is InChI=1S/C20H26N4O/c1-20(2)8-15(20)18(25)23-9-13-11-24(12-14(13)10-23)19-21-16-6-4-5-7-17(16)22(19)3/h4-7,13-15H,8-12H2,1-3H3. The van der Waals surface area contributed by atoms with E-state index < -0.39 is 0 Å². The maximum atomic E-state index is 12.7. The Morgan fingerprint density at radius 2 is 1.76 bits per heavy atom. The van der Waals surface area contributed by atoms with E-state index in [1.54, 1.807) is 0 Å². The van der Waals surface area contributed by atoms with Crippen molar-refractivity contribution in [1.82, 2.24) is 14.5 Å². The maximum absolute atomic E-state index is 12.7. The van der Waals surface area contributed by atoms with Crippen LogP contribution in [0.15, 0.2) is 24.3 Å². The predicted molar refractivity (Wildman–Crippen MR) is 98.4 cm³/mol. The van der Waals surface area contributed by atoms with Crippen LogP contribution in [-0.4, -0.2) is 46.5 Å². The van der Waals surface area contributed by atoms with Gasteiger partial charge in [0.05, 0.1) is 11.0 Å². The van der Waals surface area contributed by atoms with E-state index in [-0.39, 0.29) is 11.3 Å². The molecule has 2 saturated heterocycles. The van der Waals surface area contributed by atoms with Crippen molar-refractivity contribution in [3.63, 3.8) is 0 Å². The maximum Gasteiger partial charge on any atom is 0.226 e. The van der Waals surface area contributed by atoms with Gasteiger partial charge in [0, 0.05) is 51.0 Å². The van der Waals surface area contributed by atoms with Crippen molar-refractivity contribution in [1.29, 1.82) is 0 Å². The van der Waals surface area contributed by atoms with E-state index >= 15 is 0 Å². The Kier molecular flexibility index (Phi) is 3.04. The first-order valence-corrected chi connectivity index (χ1v) is 9.39. The Labute approximate surface area is 148 Å². The molecule has 1 aromatic heterocycles. The number of hydrogen-bond donors (Lipinski definition) is 0. The molecule has 5 heteroatoms. The number of anilines is 1. The number of aryl methyl sites for hydroxylation is 1. The third-order valence-corrected chi connectivity index (χ3v) is 6.66. The largest absolute Gasteiger partial charge is 0.342 e. The van der Waals surface area contributed by atoms with E-state index in [4.69, 9.17) is 4.98 Å². The van der Waals surface area contributed by atoms with Crippen LogP contribution in [-0.2, 0) is 11.8 Å². The third kappa shape index (κ3) is 2.28. The summed E-state index contributed by atoms with van der Waals surface area (Å²) >= 11 is 0. The van der Waals surface area contributed by atoms with Gasteiger partial charge in [-0.05, 0) is 24.0 Å². The number of aromatic nitrogens is 2. The topological polar surface area (TPSA) is 41.4 Å². The molecule has 25 heavy (non-hydrogen) atoms. The van der Waals surface area contributed by atoms with Gasteiger partial charge in [0.2, 0.25) is 11.9 Å². The number of fused-ring (bicyclic) bond motifs is 2. The summed E-state index contributed by atoms with van der Waals surface area (Å²) in [5, 5.41) is 0. The van der Waals surface area contributed by atoms with E-state index in [2.05, 4.69) is 53.5 Å². The zero-order valence-electron chi connectivity index (χ0n) is 15.3. The highest BCUT2D eigenvalue weighted by Crippen LogP contribution is 2.53. The summed E-state index contributed by atoms with van der Waals surface area (Å²) < 4.78 is 2.20. The normalized spacial score (nSPS) is 30.1. The smallest absolute Gasteiger partial charge is 0.226 e. The summed E-state index contributed by atoms with van der Waals surface area (Å²) in [6.45, 7) is 8.30. The minimum Gasteiger partial charge on any atom is -0.342 e. The molecule has 3 aliphatic rings. The minimum absolute atomic E-state index is 0.230. The molecule has 0 radical (unpaired) electrons. The number of amides is 1. The Balaban J connectivity index is 1.31. The molecule has 2 aromatic rings. The summed E-state index contributed by atoms with van der Waals surface area (Å²) in [5.41, 5.74) is 2.47. The molecule has 3 heterocycles. The van der Waals surface area contributed by atoms with Crippen molar-refractivity contribution >= 4 is 22.9 Å². The van der Waals surface area contributed by atoms with Crippen LogP contribution < -0.4 is 4.90 Å². The monoisotopic (exact) mass is 338 g/mol. The highest BCUT2D eigenvalue weighted by Gasteiger charge is 2.54. The summed E-state index contributed by atoms with van der Waals surface area (Å²) in [7, 11) is 2.10. The number of imidazole rings is 1. The highest BCUT2D eigenvalue weighted by molar-refractivity contribution is 5.83. The number of nitrogens with zero attached hydrogens (tertiary/aromatic N) is 4. The van der Waals surface area contributed by atoms with Crippen LogP contribution in [0.25, 0.3) is 11.0 Å². The number of para-hydroxylation sites is 2. The fraction of sp³-hybridized carbons (Fsp3) is 0.600. The molecule has 5 rings (SSSR count). The van der Waals surface area contributed by atoms with E-state index in [0.29, 0.717) is 17.7 Å². The van der Waals surface area contributed by atoms with Crippen molar-refractivity contribution in [3.05, 3.63) is 24.3 Å². The molecule has 0 N–H and O–H groups in total. The molecule has 1 saturated carbocycles. The first-order chi connectivity index (χ1) is 11.9. The van der Waals surface area contributed by atoms with Crippen LogP contribution in [0.5, 0.6) is 0 Å². The van der Waals surface area contributed by atoms with Gasteiger partial charge in [-0.15, -0.1) is 0 Å². The minimum atomic E-state index is 0.230. The van der Waals surface area contributed by atoms with Crippen LogP contribution in [0.2, 0.25) is 0 Å². The number of carbonyl (C=O) groups is 1. The van der Waals surface area contributed by atoms with Crippen LogP contribution in [0.3, 0.4) is 0 Å². The lowest BCUT2D eigenvalue weighted by atomic mass is 10.0. The summed E-state index contributed by atoms with van der Waals surface area (Å²) in [4.78, 5) is 22.1. The lowest BCUT2D eigenvalue weighted by Gasteiger charge is -2.23. The van der Waals surface area contributed by atoms with Gasteiger partial charge in [0.25, 0.3) is 0 Å². The van der Waals surface area contributed by atoms with Crippen molar-refractivity contribution < 1.29 is 4.79 Å². The lowest BCUT2D eigenvalue weighted by Crippen LogP contribution is -2.35. The lowest BCUT2D eigenvalue weighted by molar-refractivity contribution is -0.132. The van der Waals surface area contributed by atoms with Gasteiger partial charge in [0.1, 0.15) is 0 Å². The van der Waals surface area contributed by atoms with Crippen molar-refractivity contribution in [2.24, 2.45) is 30.2 Å². The zero-order valence-corrected chi connectivity index (χ0v) is 15.3. The van der Waals surface area contributed by atoms with Gasteiger partial charge in [0.15, 0.2) is 0 Å². The van der Waals surface area contributed by atoms with Crippen LogP contribution in [0.4, 0.5) is 5.95 Å². The van der Waals surface area contributed by atoms with Gasteiger partial charge >= 0.3 is 0 Å². The van der Waals surface area contributed by atoms with Crippen molar-refractivity contribution in [2.45, 2.75) is 20.3 Å². The highest BCUT2D eigenvalue weighted by atomic mass is 16.2. The van der Waals surface area contributed by atoms with Gasteiger partial charge in [-0.25, -0.2) is 4.98 Å². The average Bonchev–Trinajstić information content (AvgIpc) is 2.94. The molecule has 5 nitrogen and oxygen atoms in total. The van der Waals surface area contributed by atoms with E-state index in [1.165, 1.54) is 5.52 Å². The van der Waals surface area contributed by atoms with Gasteiger partial charge in [-0.2, -0.15) is 0 Å². The number of benzene rings is 1. The second-order valence-electron chi connectivity index (χ2n) is 8.87. The van der Waals surface area contributed by atoms with Crippen LogP contribution in [0.1, 0.15) is 20.3 Å². The van der Waals surface area contributed by atoms with E-state index in [9.17, 15) is 4.79 Å². The molecule has 1 aliphatic carbocycles. The fourth-order valence-electron chi connectivity index (χ4n) is 4.86. The molecule has 2 aliphatic heterocycles. The first kappa shape index (κ1) is 15.2. The predicted octanol–water partition coefficient (Wildman–Crippen LogP) is 2.51. The van der Waals surface area contributed by atoms with Crippen LogP contribution >= 0.6 is 0 Å². The second kappa shape index (κ2) is 4.99. The molecular weight excluding hydrogens is 312 g/mol. The van der Waals surface area contributed by atoms with Crippen molar-refractivity contribution in [3.8, 4) is 0 Å². The van der Waals surface area contributed by atoms with Crippen LogP contribution in [0, 0.1) is 23.2 Å². The molecule has 0 bridgehead atoms. The fourth-order valence-corrected chi connectivity index (χ4v) is 4.86. The summed E-state index contributed by atoms with van der Waals surface area (Å²) in [5.74, 6) is 2.91. The average molecular weight is 338 g/mol. The van der Waals surface area contributed by atoms with E-state index in [0.717, 1.165) is 44.1 Å². The van der Waals surface area contributed by atoms with Gasteiger partial charge in [-0.1, -0.05) is 26.0 Å². The molecule has 3 unspecified atom stereocenters. The molecule has 0 spiro atoms. The molecule has 1 amide bonds. The Morgan fingerprint density at radius 1 is 1.12 bits per heavy atom. The Bertz CT molecular complexity index is 840. The zero-order chi connectivity index (χ0) is 17.3. The number of likely N-dealkylation sites (tertiary alicyclic amines) is 1. The number of hydrogen-bond acceptors (Lipinski definition) is 3. The van der Waals surface area contributed by atoms with Gasteiger partial charge in [-0.3, -0.25) is 4.79 Å². The Morgan fingerprint density at radius 3 is 2.36 bits per heavy atom. The van der Waals surface area contributed by atoms with Crippen molar-refractivity contribution in [2.75, 3.05) is 31.1 Å². The number of rotatable bonds is 2. The quantitative estimate of drug-likeness (QED) is 0.845. The first-order valence-electron chi connectivity index (χ1n) is 9.39. The van der Waals surface area contributed by atoms with Gasteiger partial charge < -0.3 is 14.4 Å².